The highest BCUT2D eigenvalue weighted by molar-refractivity contribution is 5.74. The van der Waals surface area contributed by atoms with Crippen molar-refractivity contribution in [2.75, 3.05) is 19.6 Å². The predicted octanol–water partition coefficient (Wildman–Crippen LogP) is -0.110. The molecule has 1 fully saturated rings. The summed E-state index contributed by atoms with van der Waals surface area (Å²) in [6, 6.07) is 0.0807. The zero-order valence-corrected chi connectivity index (χ0v) is 9.28. The molecule has 0 aromatic heterocycles. The van der Waals surface area contributed by atoms with E-state index in [-0.39, 0.29) is 18.2 Å². The molecule has 1 aliphatic rings. The van der Waals surface area contributed by atoms with Gasteiger partial charge >= 0.3 is 6.03 Å². The number of carbonyl (C=O) groups excluding carboxylic acids is 1. The zero-order chi connectivity index (χ0) is 11.3. The highest BCUT2D eigenvalue weighted by Crippen LogP contribution is 2.09. The normalized spacial score (nSPS) is 20.1. The average Bonchev–Trinajstić information content (AvgIpc) is 2.18. The zero-order valence-electron chi connectivity index (χ0n) is 9.28. The van der Waals surface area contributed by atoms with E-state index in [0.29, 0.717) is 32.5 Å². The van der Waals surface area contributed by atoms with Crippen LogP contribution in [0, 0.1) is 0 Å². The third-order valence-electron chi connectivity index (χ3n) is 2.72. The molecule has 1 heterocycles. The summed E-state index contributed by atoms with van der Waals surface area (Å²) in [6.45, 7) is 3.81. The molecular weight excluding hydrogens is 194 g/mol. The van der Waals surface area contributed by atoms with Gasteiger partial charge < -0.3 is 21.1 Å². The molecule has 0 aromatic carbocycles. The summed E-state index contributed by atoms with van der Waals surface area (Å²) < 4.78 is 0. The van der Waals surface area contributed by atoms with Crippen LogP contribution in [0.3, 0.4) is 0 Å². The van der Waals surface area contributed by atoms with Crippen molar-refractivity contribution in [3.8, 4) is 0 Å². The number of nitrogens with one attached hydrogen (secondary N) is 1. The first-order chi connectivity index (χ1) is 7.13. The fourth-order valence-corrected chi connectivity index (χ4v) is 1.69. The van der Waals surface area contributed by atoms with Crippen LogP contribution in [0.5, 0.6) is 0 Å². The van der Waals surface area contributed by atoms with Gasteiger partial charge in [-0.1, -0.05) is 0 Å². The number of rotatable bonds is 3. The number of hydrogen-bond donors (Lipinski definition) is 3. The Hall–Kier alpha value is -0.810. The van der Waals surface area contributed by atoms with Gasteiger partial charge in [0, 0.05) is 19.1 Å². The van der Waals surface area contributed by atoms with Gasteiger partial charge in [0.2, 0.25) is 0 Å². The number of nitrogens with two attached hydrogens (primary N) is 1. The van der Waals surface area contributed by atoms with Crippen LogP contribution < -0.4 is 11.1 Å². The van der Waals surface area contributed by atoms with Crippen molar-refractivity contribution in [1.82, 2.24) is 10.2 Å². The van der Waals surface area contributed by atoms with Crippen LogP contribution in [-0.2, 0) is 0 Å². The van der Waals surface area contributed by atoms with Crippen LogP contribution in [0.1, 0.15) is 26.2 Å². The molecule has 4 N–H and O–H groups in total. The molecule has 0 radical (unpaired) electrons. The van der Waals surface area contributed by atoms with Crippen molar-refractivity contribution in [3.63, 3.8) is 0 Å². The second-order valence-electron chi connectivity index (χ2n) is 4.15. The molecule has 5 heteroatoms. The summed E-state index contributed by atoms with van der Waals surface area (Å²) in [7, 11) is 0. The molecule has 1 rings (SSSR count). The number of aliphatic hydroxyl groups excluding tert-OH is 1. The Morgan fingerprint density at radius 1 is 1.60 bits per heavy atom. The van der Waals surface area contributed by atoms with Crippen molar-refractivity contribution in [1.29, 1.82) is 0 Å². The van der Waals surface area contributed by atoms with Gasteiger partial charge in [0.25, 0.3) is 0 Å². The Balaban J connectivity index is 2.27. The van der Waals surface area contributed by atoms with E-state index in [4.69, 9.17) is 5.73 Å². The van der Waals surface area contributed by atoms with Crippen LogP contribution in [-0.4, -0.2) is 47.8 Å². The lowest BCUT2D eigenvalue weighted by Crippen LogP contribution is -2.48. The molecule has 0 aromatic rings. The quantitative estimate of drug-likeness (QED) is 0.614. The summed E-state index contributed by atoms with van der Waals surface area (Å²) >= 11 is 0. The van der Waals surface area contributed by atoms with Gasteiger partial charge in [0.1, 0.15) is 0 Å². The molecule has 0 spiro atoms. The van der Waals surface area contributed by atoms with Gasteiger partial charge in [-0.15, -0.1) is 0 Å². The number of likely N-dealkylation sites (tertiary alicyclic amines) is 1. The molecule has 2 amide bonds. The predicted molar refractivity (Wildman–Crippen MR) is 58.5 cm³/mol. The Morgan fingerprint density at radius 3 is 2.73 bits per heavy atom. The Bertz CT molecular complexity index is 203. The summed E-state index contributed by atoms with van der Waals surface area (Å²) in [5.41, 5.74) is 5.40. The van der Waals surface area contributed by atoms with Gasteiger partial charge in [0.15, 0.2) is 0 Å². The minimum absolute atomic E-state index is 0.0390. The minimum Gasteiger partial charge on any atom is -0.393 e. The maximum Gasteiger partial charge on any atom is 0.317 e. The SMILES string of the molecule is CC(CCN)NC(=O)N1CCC(O)CC1. The van der Waals surface area contributed by atoms with Gasteiger partial charge in [-0.25, -0.2) is 4.79 Å². The number of piperidine rings is 1. The summed E-state index contributed by atoms with van der Waals surface area (Å²) in [4.78, 5) is 13.4. The smallest absolute Gasteiger partial charge is 0.317 e. The van der Waals surface area contributed by atoms with Crippen molar-refractivity contribution in [3.05, 3.63) is 0 Å². The molecule has 1 saturated heterocycles. The lowest BCUT2D eigenvalue weighted by atomic mass is 10.1. The fourth-order valence-electron chi connectivity index (χ4n) is 1.69. The maximum atomic E-state index is 11.7. The third-order valence-corrected chi connectivity index (χ3v) is 2.72. The van der Waals surface area contributed by atoms with Crippen LogP contribution in [0.2, 0.25) is 0 Å². The van der Waals surface area contributed by atoms with E-state index >= 15 is 0 Å². The number of nitrogens with zero attached hydrogens (tertiary/aromatic N) is 1. The molecule has 15 heavy (non-hydrogen) atoms. The van der Waals surface area contributed by atoms with E-state index in [0.717, 1.165) is 6.42 Å². The van der Waals surface area contributed by atoms with E-state index in [9.17, 15) is 9.90 Å². The lowest BCUT2D eigenvalue weighted by molar-refractivity contribution is 0.0929. The van der Waals surface area contributed by atoms with Crippen LogP contribution >= 0.6 is 0 Å². The number of carbonyl (C=O) groups is 1. The molecular formula is C10H21N3O2. The van der Waals surface area contributed by atoms with Crippen molar-refractivity contribution in [2.45, 2.75) is 38.3 Å². The first-order valence-corrected chi connectivity index (χ1v) is 5.57. The number of aliphatic hydroxyl groups is 1. The van der Waals surface area contributed by atoms with Crippen molar-refractivity contribution < 1.29 is 9.90 Å². The van der Waals surface area contributed by atoms with Gasteiger partial charge in [0.05, 0.1) is 6.10 Å². The molecule has 1 unspecified atom stereocenters. The molecule has 1 aliphatic heterocycles. The van der Waals surface area contributed by atoms with E-state index in [2.05, 4.69) is 5.32 Å². The first kappa shape index (κ1) is 12.3. The highest BCUT2D eigenvalue weighted by Gasteiger charge is 2.21. The average molecular weight is 215 g/mol. The van der Waals surface area contributed by atoms with Gasteiger partial charge in [-0.3, -0.25) is 0 Å². The summed E-state index contributed by atoms with van der Waals surface area (Å²) in [5.74, 6) is 0. The monoisotopic (exact) mass is 215 g/mol. The van der Waals surface area contributed by atoms with Gasteiger partial charge in [-0.2, -0.15) is 0 Å². The summed E-state index contributed by atoms with van der Waals surface area (Å²) in [6.07, 6.45) is 1.91. The number of urea groups is 1. The molecule has 0 aliphatic carbocycles. The van der Waals surface area contributed by atoms with Crippen LogP contribution in [0.25, 0.3) is 0 Å². The maximum absolute atomic E-state index is 11.7. The van der Waals surface area contributed by atoms with E-state index < -0.39 is 0 Å². The number of hydrogen-bond acceptors (Lipinski definition) is 3. The molecule has 0 saturated carbocycles. The molecule has 0 bridgehead atoms. The Labute approximate surface area is 90.6 Å². The van der Waals surface area contributed by atoms with Gasteiger partial charge in [-0.05, 0) is 32.7 Å². The number of amides is 2. The molecule has 1 atom stereocenters. The second-order valence-corrected chi connectivity index (χ2v) is 4.15. The fraction of sp³-hybridized carbons (Fsp3) is 0.900. The Morgan fingerprint density at radius 2 is 2.20 bits per heavy atom. The first-order valence-electron chi connectivity index (χ1n) is 5.57. The topological polar surface area (TPSA) is 78.6 Å². The third kappa shape index (κ3) is 4.05. The van der Waals surface area contributed by atoms with Crippen molar-refractivity contribution in [2.24, 2.45) is 5.73 Å². The van der Waals surface area contributed by atoms with E-state index in [1.165, 1.54) is 0 Å². The molecule has 5 nitrogen and oxygen atoms in total. The van der Waals surface area contributed by atoms with E-state index in [1.807, 2.05) is 6.92 Å². The van der Waals surface area contributed by atoms with Crippen molar-refractivity contribution >= 4 is 6.03 Å². The van der Waals surface area contributed by atoms with E-state index in [1.54, 1.807) is 4.90 Å². The largest absolute Gasteiger partial charge is 0.393 e. The Kier molecular flexibility index (Phi) is 4.84. The summed E-state index contributed by atoms with van der Waals surface area (Å²) in [5, 5.41) is 12.2. The molecule has 88 valence electrons. The second kappa shape index (κ2) is 5.92. The van der Waals surface area contributed by atoms with Crippen LogP contribution in [0.15, 0.2) is 0 Å². The van der Waals surface area contributed by atoms with Crippen LogP contribution in [0.4, 0.5) is 4.79 Å². The standard InChI is InChI=1S/C10H21N3O2/c1-8(2-5-11)12-10(15)13-6-3-9(14)4-7-13/h8-9,14H,2-7,11H2,1H3,(H,12,15). The highest BCUT2D eigenvalue weighted by atomic mass is 16.3. The minimum atomic E-state index is -0.240. The lowest BCUT2D eigenvalue weighted by Gasteiger charge is -2.30.